The van der Waals surface area contributed by atoms with Crippen LogP contribution in [0.5, 0.6) is 0 Å². The summed E-state index contributed by atoms with van der Waals surface area (Å²) in [5.74, 6) is 1.70. The molecule has 3 saturated heterocycles. The number of rotatable bonds is 5. The van der Waals surface area contributed by atoms with Crippen LogP contribution in [-0.2, 0) is 16.0 Å². The normalized spacial score (nSPS) is 27.5. The monoisotopic (exact) mass is 351 g/mol. The molecule has 1 aromatic rings. The number of thioether (sulfide) groups is 1. The van der Waals surface area contributed by atoms with Crippen LogP contribution in [-0.4, -0.2) is 54.4 Å². The lowest BCUT2D eigenvalue weighted by Crippen LogP contribution is -2.58. The van der Waals surface area contributed by atoms with Crippen molar-refractivity contribution >= 4 is 11.8 Å². The van der Waals surface area contributed by atoms with Crippen molar-refractivity contribution < 1.29 is 13.9 Å². The lowest BCUT2D eigenvalue weighted by molar-refractivity contribution is -0.0133. The number of hydrogen-bond donors (Lipinski definition) is 0. The molecule has 0 saturated carbocycles. The van der Waals surface area contributed by atoms with Gasteiger partial charge in [-0.05, 0) is 31.2 Å². The third kappa shape index (κ3) is 3.79. The van der Waals surface area contributed by atoms with Gasteiger partial charge in [-0.25, -0.2) is 4.39 Å². The van der Waals surface area contributed by atoms with Crippen molar-refractivity contribution in [2.75, 3.05) is 38.7 Å². The molecular formula is C19H26FNO2S. The zero-order valence-corrected chi connectivity index (χ0v) is 14.9. The van der Waals surface area contributed by atoms with Crippen LogP contribution in [0.4, 0.5) is 4.39 Å². The fourth-order valence-corrected chi connectivity index (χ4v) is 5.67. The maximum Gasteiger partial charge on any atom is 0.127 e. The molecule has 0 bridgehead atoms. The topological polar surface area (TPSA) is 21.7 Å². The molecule has 0 aliphatic carbocycles. The van der Waals surface area contributed by atoms with Gasteiger partial charge in [0.05, 0.1) is 6.10 Å². The van der Waals surface area contributed by atoms with Gasteiger partial charge in [-0.1, -0.05) is 18.2 Å². The molecule has 3 aliphatic heterocycles. The van der Waals surface area contributed by atoms with Crippen molar-refractivity contribution in [1.82, 2.24) is 4.90 Å². The molecule has 132 valence electrons. The molecule has 5 heteroatoms. The summed E-state index contributed by atoms with van der Waals surface area (Å²) in [5.41, 5.74) is 0.808. The molecule has 4 rings (SSSR count). The zero-order chi connectivity index (χ0) is 16.4. The van der Waals surface area contributed by atoms with Gasteiger partial charge in [0.2, 0.25) is 0 Å². The minimum atomic E-state index is -0.0878. The predicted octanol–water partition coefficient (Wildman–Crippen LogP) is 3.33. The van der Waals surface area contributed by atoms with Crippen LogP contribution in [0.2, 0.25) is 0 Å². The summed E-state index contributed by atoms with van der Waals surface area (Å²) in [5, 5.41) is 0. The largest absolute Gasteiger partial charge is 0.381 e. The molecule has 3 fully saturated rings. The van der Waals surface area contributed by atoms with Crippen LogP contribution in [0.25, 0.3) is 0 Å². The van der Waals surface area contributed by atoms with Crippen molar-refractivity contribution in [1.29, 1.82) is 0 Å². The third-order valence-electron chi connectivity index (χ3n) is 5.46. The zero-order valence-electron chi connectivity index (χ0n) is 14.1. The minimum Gasteiger partial charge on any atom is -0.381 e. The fraction of sp³-hybridized carbons (Fsp3) is 0.684. The van der Waals surface area contributed by atoms with E-state index in [4.69, 9.17) is 9.47 Å². The predicted molar refractivity (Wildman–Crippen MR) is 94.8 cm³/mol. The number of likely N-dealkylation sites (tertiary alicyclic amines) is 1. The molecule has 3 heterocycles. The van der Waals surface area contributed by atoms with E-state index in [0.29, 0.717) is 16.8 Å². The molecule has 1 spiro atoms. The van der Waals surface area contributed by atoms with E-state index in [2.05, 4.69) is 16.7 Å². The minimum absolute atomic E-state index is 0.0878. The molecule has 0 unspecified atom stereocenters. The van der Waals surface area contributed by atoms with Gasteiger partial charge in [-0.3, -0.25) is 4.90 Å². The van der Waals surface area contributed by atoms with Gasteiger partial charge in [-0.2, -0.15) is 0 Å². The Labute approximate surface area is 147 Å². The summed E-state index contributed by atoms with van der Waals surface area (Å²) in [6.07, 6.45) is 3.82. The Morgan fingerprint density at radius 2 is 2.04 bits per heavy atom. The van der Waals surface area contributed by atoms with Crippen molar-refractivity contribution in [3.63, 3.8) is 0 Å². The summed E-state index contributed by atoms with van der Waals surface area (Å²) < 4.78 is 25.7. The average Bonchev–Trinajstić information content (AvgIpc) is 3.00. The molecule has 24 heavy (non-hydrogen) atoms. The highest BCUT2D eigenvalue weighted by molar-refractivity contribution is 8.01. The van der Waals surface area contributed by atoms with E-state index in [9.17, 15) is 4.39 Å². The highest BCUT2D eigenvalue weighted by atomic mass is 32.2. The van der Waals surface area contributed by atoms with Gasteiger partial charge >= 0.3 is 0 Å². The Hall–Kier alpha value is -0.620. The molecule has 0 radical (unpaired) electrons. The van der Waals surface area contributed by atoms with Gasteiger partial charge < -0.3 is 9.47 Å². The molecule has 0 aromatic heterocycles. The van der Waals surface area contributed by atoms with E-state index in [1.807, 2.05) is 12.1 Å². The van der Waals surface area contributed by atoms with Crippen molar-refractivity contribution in [2.45, 2.75) is 36.7 Å². The van der Waals surface area contributed by atoms with Gasteiger partial charge in [-0.15, -0.1) is 11.8 Å². The molecular weight excluding hydrogens is 325 g/mol. The highest BCUT2D eigenvalue weighted by Gasteiger charge is 2.49. The third-order valence-corrected chi connectivity index (χ3v) is 7.03. The van der Waals surface area contributed by atoms with Crippen LogP contribution in [0.3, 0.4) is 0 Å². The van der Waals surface area contributed by atoms with E-state index in [1.165, 1.54) is 0 Å². The highest BCUT2D eigenvalue weighted by Crippen LogP contribution is 2.46. The average molecular weight is 351 g/mol. The Kier molecular flexibility index (Phi) is 5.13. The molecule has 1 aromatic carbocycles. The van der Waals surface area contributed by atoms with Gasteiger partial charge in [0, 0.05) is 55.5 Å². The summed E-state index contributed by atoms with van der Waals surface area (Å²) >= 11 is 2.06. The first-order valence-electron chi connectivity index (χ1n) is 9.01. The van der Waals surface area contributed by atoms with Crippen LogP contribution in [0.15, 0.2) is 24.3 Å². The van der Waals surface area contributed by atoms with E-state index in [0.717, 1.165) is 70.0 Å². The Bertz CT molecular complexity index is 558. The number of nitrogens with zero attached hydrogens (tertiary/aromatic N) is 1. The smallest absolute Gasteiger partial charge is 0.127 e. The number of hydrogen-bond acceptors (Lipinski definition) is 4. The quantitative estimate of drug-likeness (QED) is 0.811. The van der Waals surface area contributed by atoms with Crippen LogP contribution in [0.1, 0.15) is 24.8 Å². The lowest BCUT2D eigenvalue weighted by Gasteiger charge is -2.47. The lowest BCUT2D eigenvalue weighted by atomic mass is 9.92. The van der Waals surface area contributed by atoms with E-state index >= 15 is 0 Å². The van der Waals surface area contributed by atoms with Crippen LogP contribution >= 0.6 is 11.8 Å². The van der Waals surface area contributed by atoms with Crippen LogP contribution in [0, 0.1) is 11.7 Å². The summed E-state index contributed by atoms with van der Waals surface area (Å²) in [6.45, 7) is 5.52. The maximum absolute atomic E-state index is 13.8. The van der Waals surface area contributed by atoms with Crippen molar-refractivity contribution in [2.24, 2.45) is 5.92 Å². The number of halogens is 1. The van der Waals surface area contributed by atoms with Gasteiger partial charge in [0.15, 0.2) is 0 Å². The molecule has 3 nitrogen and oxygen atoms in total. The standard InChI is InChI=1S/C19H26FNO2S/c20-18-4-2-1-3-16(18)10-21-13-19(14-21)9-17(12-24-19)23-11-15-5-7-22-8-6-15/h1-4,15,17H,5-14H2/t17-/m0/s1. The van der Waals surface area contributed by atoms with Crippen LogP contribution < -0.4 is 0 Å². The summed E-state index contributed by atoms with van der Waals surface area (Å²) in [7, 11) is 0. The van der Waals surface area contributed by atoms with E-state index < -0.39 is 0 Å². The molecule has 0 amide bonds. The molecule has 0 N–H and O–H groups in total. The second-order valence-corrected chi connectivity index (χ2v) is 8.93. The fourth-order valence-electron chi connectivity index (χ4n) is 4.06. The first-order valence-corrected chi connectivity index (χ1v) is 10.0. The second kappa shape index (κ2) is 7.32. The van der Waals surface area contributed by atoms with E-state index in [1.54, 1.807) is 12.1 Å². The number of benzene rings is 1. The SMILES string of the molecule is Fc1ccccc1CN1CC2(C[C@H](OCC3CCOCC3)CS2)C1. The van der Waals surface area contributed by atoms with Gasteiger partial charge in [0.1, 0.15) is 5.82 Å². The number of ether oxygens (including phenoxy) is 2. The van der Waals surface area contributed by atoms with E-state index in [-0.39, 0.29) is 5.82 Å². The molecule has 3 aliphatic rings. The Balaban J connectivity index is 1.21. The van der Waals surface area contributed by atoms with Crippen molar-refractivity contribution in [3.05, 3.63) is 35.6 Å². The first-order chi connectivity index (χ1) is 11.7. The Morgan fingerprint density at radius 3 is 2.83 bits per heavy atom. The van der Waals surface area contributed by atoms with Gasteiger partial charge in [0.25, 0.3) is 0 Å². The Morgan fingerprint density at radius 1 is 1.25 bits per heavy atom. The maximum atomic E-state index is 13.8. The second-order valence-electron chi connectivity index (χ2n) is 7.45. The first kappa shape index (κ1) is 16.8. The summed E-state index contributed by atoms with van der Waals surface area (Å²) in [6, 6.07) is 7.11. The summed E-state index contributed by atoms with van der Waals surface area (Å²) in [4.78, 5) is 2.35. The molecule has 1 atom stereocenters. The van der Waals surface area contributed by atoms with Crippen molar-refractivity contribution in [3.8, 4) is 0 Å².